The summed E-state index contributed by atoms with van der Waals surface area (Å²) >= 11 is 0. The Morgan fingerprint density at radius 3 is 2.50 bits per heavy atom. The zero-order valence-electron chi connectivity index (χ0n) is 8.47. The molecule has 76 valence electrons. The second kappa shape index (κ2) is 4.77. The molecule has 3 nitrogen and oxygen atoms in total. The highest BCUT2D eigenvalue weighted by Crippen LogP contribution is 2.05. The summed E-state index contributed by atoms with van der Waals surface area (Å²) in [4.78, 5) is 13.3. The fourth-order valence-electron chi connectivity index (χ4n) is 1.11. The van der Waals surface area contributed by atoms with Gasteiger partial charge in [0.05, 0.1) is 12.6 Å². The third-order valence-corrected chi connectivity index (χ3v) is 2.27. The van der Waals surface area contributed by atoms with Crippen LogP contribution in [0.5, 0.6) is 0 Å². The van der Waals surface area contributed by atoms with Crippen LogP contribution in [0.1, 0.15) is 17.3 Å². The van der Waals surface area contributed by atoms with Crippen LogP contribution in [0.2, 0.25) is 0 Å². The van der Waals surface area contributed by atoms with Crippen LogP contribution in [0.25, 0.3) is 0 Å². The fourth-order valence-corrected chi connectivity index (χ4v) is 1.11. The predicted octanol–water partition coefficient (Wildman–Crippen LogP) is 1.14. The lowest BCUT2D eigenvalue weighted by Gasteiger charge is -2.23. The molecular formula is C11H15NO2. The average molecular weight is 193 g/mol. The highest BCUT2D eigenvalue weighted by Gasteiger charge is 2.15. The van der Waals surface area contributed by atoms with Gasteiger partial charge in [0.15, 0.2) is 0 Å². The van der Waals surface area contributed by atoms with Crippen molar-refractivity contribution in [3.63, 3.8) is 0 Å². The van der Waals surface area contributed by atoms with Crippen molar-refractivity contribution in [2.75, 3.05) is 13.7 Å². The van der Waals surface area contributed by atoms with E-state index in [9.17, 15) is 4.79 Å². The molecule has 0 bridgehead atoms. The molecule has 1 amide bonds. The molecule has 0 aliphatic carbocycles. The Bertz CT molecular complexity index is 297. The van der Waals surface area contributed by atoms with Crippen LogP contribution < -0.4 is 0 Å². The van der Waals surface area contributed by atoms with Gasteiger partial charge in [-0.15, -0.1) is 0 Å². The number of hydrogen-bond acceptors (Lipinski definition) is 2. The summed E-state index contributed by atoms with van der Waals surface area (Å²) in [6, 6.07) is 8.90. The van der Waals surface area contributed by atoms with Gasteiger partial charge >= 0.3 is 0 Å². The molecule has 14 heavy (non-hydrogen) atoms. The lowest BCUT2D eigenvalue weighted by atomic mass is 10.2. The number of benzene rings is 1. The third-order valence-electron chi connectivity index (χ3n) is 2.27. The van der Waals surface area contributed by atoms with E-state index in [4.69, 9.17) is 5.11 Å². The van der Waals surface area contributed by atoms with Crippen molar-refractivity contribution < 1.29 is 9.90 Å². The first kappa shape index (κ1) is 10.7. The van der Waals surface area contributed by atoms with E-state index in [1.54, 1.807) is 26.1 Å². The van der Waals surface area contributed by atoms with Crippen LogP contribution in [0, 0.1) is 0 Å². The highest BCUT2D eigenvalue weighted by molar-refractivity contribution is 5.94. The van der Waals surface area contributed by atoms with Crippen LogP contribution in [-0.2, 0) is 0 Å². The smallest absolute Gasteiger partial charge is 0.253 e. The van der Waals surface area contributed by atoms with Gasteiger partial charge in [-0.1, -0.05) is 18.2 Å². The van der Waals surface area contributed by atoms with Gasteiger partial charge in [-0.2, -0.15) is 0 Å². The topological polar surface area (TPSA) is 40.5 Å². The van der Waals surface area contributed by atoms with Crippen LogP contribution in [0.15, 0.2) is 30.3 Å². The van der Waals surface area contributed by atoms with Crippen molar-refractivity contribution in [1.82, 2.24) is 4.90 Å². The average Bonchev–Trinajstić information content (AvgIpc) is 2.27. The molecule has 1 atom stereocenters. The van der Waals surface area contributed by atoms with E-state index in [2.05, 4.69) is 0 Å². The van der Waals surface area contributed by atoms with Gasteiger partial charge in [0.1, 0.15) is 0 Å². The number of hydrogen-bond donors (Lipinski definition) is 1. The van der Waals surface area contributed by atoms with Gasteiger partial charge in [-0.05, 0) is 19.1 Å². The van der Waals surface area contributed by atoms with E-state index in [-0.39, 0.29) is 18.6 Å². The minimum absolute atomic E-state index is 0.0188. The number of aliphatic hydroxyl groups excluding tert-OH is 1. The summed E-state index contributed by atoms with van der Waals surface area (Å²) in [7, 11) is 1.69. The second-order valence-electron chi connectivity index (χ2n) is 3.31. The molecule has 0 saturated carbocycles. The van der Waals surface area contributed by atoms with Gasteiger partial charge in [0.25, 0.3) is 5.91 Å². The molecule has 0 spiro atoms. The predicted molar refractivity (Wildman–Crippen MR) is 55.1 cm³/mol. The van der Waals surface area contributed by atoms with E-state index in [0.717, 1.165) is 0 Å². The number of aliphatic hydroxyl groups is 1. The molecule has 0 aromatic heterocycles. The fraction of sp³-hybridized carbons (Fsp3) is 0.364. The zero-order valence-corrected chi connectivity index (χ0v) is 8.47. The minimum Gasteiger partial charge on any atom is -0.394 e. The van der Waals surface area contributed by atoms with Crippen LogP contribution in [-0.4, -0.2) is 35.6 Å². The number of amides is 1. The van der Waals surface area contributed by atoms with E-state index < -0.39 is 0 Å². The molecule has 0 heterocycles. The molecule has 0 radical (unpaired) electrons. The summed E-state index contributed by atoms with van der Waals surface area (Å²) in [5.74, 6) is -0.0628. The van der Waals surface area contributed by atoms with Crippen molar-refractivity contribution >= 4 is 5.91 Å². The summed E-state index contributed by atoms with van der Waals surface area (Å²) in [5.41, 5.74) is 0.648. The molecule has 1 N–H and O–H groups in total. The second-order valence-corrected chi connectivity index (χ2v) is 3.31. The van der Waals surface area contributed by atoms with Crippen molar-refractivity contribution in [1.29, 1.82) is 0 Å². The van der Waals surface area contributed by atoms with E-state index in [1.165, 1.54) is 4.90 Å². The number of carbonyl (C=O) groups excluding carboxylic acids is 1. The molecule has 1 rings (SSSR count). The van der Waals surface area contributed by atoms with Crippen molar-refractivity contribution in [3.05, 3.63) is 35.9 Å². The van der Waals surface area contributed by atoms with Gasteiger partial charge in [0, 0.05) is 12.6 Å². The maximum Gasteiger partial charge on any atom is 0.253 e. The lowest BCUT2D eigenvalue weighted by molar-refractivity contribution is 0.0682. The Balaban J connectivity index is 2.76. The van der Waals surface area contributed by atoms with Crippen molar-refractivity contribution in [2.24, 2.45) is 0 Å². The Kier molecular flexibility index (Phi) is 3.65. The molecule has 3 heteroatoms. The Labute approximate surface area is 84.0 Å². The molecule has 0 aliphatic rings. The summed E-state index contributed by atoms with van der Waals surface area (Å²) in [6.45, 7) is 1.79. The Morgan fingerprint density at radius 2 is 2.00 bits per heavy atom. The number of rotatable bonds is 3. The molecule has 0 fully saturated rings. The summed E-state index contributed by atoms with van der Waals surface area (Å²) < 4.78 is 0. The number of likely N-dealkylation sites (N-methyl/N-ethyl adjacent to an activating group) is 1. The SMILES string of the molecule is CC(CO)N(C)C(=O)c1ccccc1. The van der Waals surface area contributed by atoms with Crippen LogP contribution in [0.4, 0.5) is 0 Å². The molecule has 1 aromatic carbocycles. The maximum absolute atomic E-state index is 11.8. The zero-order chi connectivity index (χ0) is 10.6. The number of carbonyl (C=O) groups is 1. The first-order valence-corrected chi connectivity index (χ1v) is 4.60. The largest absolute Gasteiger partial charge is 0.394 e. The third kappa shape index (κ3) is 2.33. The van der Waals surface area contributed by atoms with E-state index in [1.807, 2.05) is 18.2 Å². The normalized spacial score (nSPS) is 12.2. The first-order valence-electron chi connectivity index (χ1n) is 4.60. The maximum atomic E-state index is 11.8. The highest BCUT2D eigenvalue weighted by atomic mass is 16.3. The summed E-state index contributed by atoms with van der Waals surface area (Å²) in [6.07, 6.45) is 0. The molecule has 1 aromatic rings. The molecule has 0 saturated heterocycles. The molecular weight excluding hydrogens is 178 g/mol. The van der Waals surface area contributed by atoms with Crippen LogP contribution in [0.3, 0.4) is 0 Å². The number of nitrogens with zero attached hydrogens (tertiary/aromatic N) is 1. The minimum atomic E-state index is -0.150. The van der Waals surface area contributed by atoms with Gasteiger partial charge in [0.2, 0.25) is 0 Å². The van der Waals surface area contributed by atoms with Gasteiger partial charge in [-0.25, -0.2) is 0 Å². The Morgan fingerprint density at radius 1 is 1.43 bits per heavy atom. The van der Waals surface area contributed by atoms with E-state index >= 15 is 0 Å². The van der Waals surface area contributed by atoms with Crippen molar-refractivity contribution in [2.45, 2.75) is 13.0 Å². The molecule has 1 unspecified atom stereocenters. The van der Waals surface area contributed by atoms with Crippen LogP contribution >= 0.6 is 0 Å². The monoisotopic (exact) mass is 193 g/mol. The van der Waals surface area contributed by atoms with Gasteiger partial charge in [-0.3, -0.25) is 4.79 Å². The first-order chi connectivity index (χ1) is 6.66. The van der Waals surface area contributed by atoms with Crippen molar-refractivity contribution in [3.8, 4) is 0 Å². The standard InChI is InChI=1S/C11H15NO2/c1-9(8-13)12(2)11(14)10-6-4-3-5-7-10/h3-7,9,13H,8H2,1-2H3. The summed E-state index contributed by atoms with van der Waals surface area (Å²) in [5, 5.41) is 8.91. The Hall–Kier alpha value is -1.35. The van der Waals surface area contributed by atoms with E-state index in [0.29, 0.717) is 5.56 Å². The lowest BCUT2D eigenvalue weighted by Crippen LogP contribution is -2.37. The van der Waals surface area contributed by atoms with Gasteiger partial charge < -0.3 is 10.0 Å². The quantitative estimate of drug-likeness (QED) is 0.782. The molecule has 0 aliphatic heterocycles.